The summed E-state index contributed by atoms with van der Waals surface area (Å²) in [6, 6.07) is 5.76. The van der Waals surface area contributed by atoms with E-state index < -0.39 is 0 Å². The largest absolute Gasteiger partial charge is 0.264 e. The summed E-state index contributed by atoms with van der Waals surface area (Å²) in [5, 5.41) is 8.24. The average molecular weight is 191 g/mol. The molecule has 0 saturated carbocycles. The highest BCUT2D eigenvalue weighted by molar-refractivity contribution is 5.85. The van der Waals surface area contributed by atoms with E-state index in [9.17, 15) is 0 Å². The van der Waals surface area contributed by atoms with Crippen molar-refractivity contribution in [2.75, 3.05) is 0 Å². The molecule has 0 spiro atoms. The molecule has 0 unspecified atom stereocenters. The Kier molecular flexibility index (Phi) is 8.57. The quantitative estimate of drug-likeness (QED) is 0.680. The third-order valence-electron chi connectivity index (χ3n) is 1.01. The van der Waals surface area contributed by atoms with Crippen molar-refractivity contribution in [3.05, 3.63) is 30.1 Å². The molecule has 1 rings (SSSR count). The monoisotopic (exact) mass is 190 g/mol. The number of halogens is 2. The maximum atomic E-state index is 8.24. The van der Waals surface area contributed by atoms with Crippen molar-refractivity contribution in [2.24, 2.45) is 0 Å². The van der Waals surface area contributed by atoms with E-state index in [1.54, 1.807) is 12.4 Å². The number of aromatic nitrogens is 1. The second-order valence-corrected chi connectivity index (χ2v) is 1.70. The first-order valence-corrected chi connectivity index (χ1v) is 2.69. The molecular weight excluding hydrogens is 183 g/mol. The molecule has 0 amide bonds. The first-order valence-electron chi connectivity index (χ1n) is 2.69. The zero-order valence-electron chi connectivity index (χ0n) is 5.73. The molecule has 0 N–H and O–H groups in total. The van der Waals surface area contributed by atoms with Crippen LogP contribution < -0.4 is 0 Å². The number of hydrogen-bond acceptors (Lipinski definition) is 2. The molecule has 0 aliphatic rings. The fourth-order valence-corrected chi connectivity index (χ4v) is 0.594. The molecule has 0 saturated heterocycles. The summed E-state index contributed by atoms with van der Waals surface area (Å²) in [7, 11) is 0. The van der Waals surface area contributed by atoms with Crippen LogP contribution in [0.2, 0.25) is 0 Å². The van der Waals surface area contributed by atoms with E-state index in [1.165, 1.54) is 0 Å². The lowest BCUT2D eigenvalue weighted by molar-refractivity contribution is 1.19. The molecule has 0 aromatic carbocycles. The van der Waals surface area contributed by atoms with Crippen LogP contribution in [-0.2, 0) is 6.42 Å². The zero-order valence-corrected chi connectivity index (χ0v) is 7.36. The number of hydrogen-bond donors (Lipinski definition) is 0. The number of pyridine rings is 1. The highest BCUT2D eigenvalue weighted by Gasteiger charge is 1.85. The van der Waals surface area contributed by atoms with Gasteiger partial charge in [0.2, 0.25) is 0 Å². The molecule has 0 bridgehead atoms. The maximum absolute atomic E-state index is 8.24. The van der Waals surface area contributed by atoms with Gasteiger partial charge in [-0.05, 0) is 11.6 Å². The molecule has 60 valence electrons. The molecule has 4 heteroatoms. The summed E-state index contributed by atoms with van der Waals surface area (Å²) in [5.41, 5.74) is 0.972. The van der Waals surface area contributed by atoms with E-state index in [-0.39, 0.29) is 24.8 Å². The highest BCUT2D eigenvalue weighted by atomic mass is 35.5. The third-order valence-corrected chi connectivity index (χ3v) is 1.01. The Morgan fingerprint density at radius 1 is 1.45 bits per heavy atom. The van der Waals surface area contributed by atoms with Gasteiger partial charge in [0.25, 0.3) is 0 Å². The van der Waals surface area contributed by atoms with Crippen LogP contribution in [0.15, 0.2) is 24.5 Å². The van der Waals surface area contributed by atoms with Gasteiger partial charge in [-0.2, -0.15) is 5.26 Å². The lowest BCUT2D eigenvalue weighted by atomic mass is 10.2. The van der Waals surface area contributed by atoms with Crippen molar-refractivity contribution in [3.63, 3.8) is 0 Å². The maximum Gasteiger partial charge on any atom is 0.0670 e. The van der Waals surface area contributed by atoms with Gasteiger partial charge in [-0.15, -0.1) is 24.8 Å². The molecule has 1 aromatic heterocycles. The van der Waals surface area contributed by atoms with E-state index in [0.717, 1.165) is 5.56 Å². The number of nitrogens with zero attached hydrogens (tertiary/aromatic N) is 2. The standard InChI is InChI=1S/C7H6N2.2ClH/c8-4-3-7-2-1-5-9-6-7;;/h1-2,5-6H,3H2;2*1H. The fraction of sp³-hybridized carbons (Fsp3) is 0.143. The van der Waals surface area contributed by atoms with Gasteiger partial charge in [0.05, 0.1) is 12.5 Å². The van der Waals surface area contributed by atoms with Gasteiger partial charge in [-0.25, -0.2) is 0 Å². The fourth-order valence-electron chi connectivity index (χ4n) is 0.594. The van der Waals surface area contributed by atoms with E-state index in [2.05, 4.69) is 4.98 Å². The molecule has 2 nitrogen and oxygen atoms in total. The Balaban J connectivity index is 0. The summed E-state index contributed by atoms with van der Waals surface area (Å²) in [5.74, 6) is 0. The van der Waals surface area contributed by atoms with E-state index in [1.807, 2.05) is 18.2 Å². The van der Waals surface area contributed by atoms with Crippen molar-refractivity contribution < 1.29 is 0 Å². The Labute approximate surface area is 78.1 Å². The normalized spacial score (nSPS) is 6.82. The second-order valence-electron chi connectivity index (χ2n) is 1.70. The lowest BCUT2D eigenvalue weighted by Crippen LogP contribution is -1.79. The molecule has 1 heterocycles. The zero-order chi connectivity index (χ0) is 6.53. The molecule has 0 fully saturated rings. The predicted molar refractivity (Wildman–Crippen MR) is 48.1 cm³/mol. The van der Waals surface area contributed by atoms with Crippen LogP contribution in [-0.4, -0.2) is 4.98 Å². The SMILES string of the molecule is Cl.Cl.N#CCc1cccnc1. The summed E-state index contributed by atoms with van der Waals surface area (Å²) < 4.78 is 0. The molecule has 0 aliphatic carbocycles. The van der Waals surface area contributed by atoms with Crippen molar-refractivity contribution in [1.29, 1.82) is 5.26 Å². The van der Waals surface area contributed by atoms with E-state index in [0.29, 0.717) is 6.42 Å². The molecule has 11 heavy (non-hydrogen) atoms. The molecular formula is C7H8Cl2N2. The topological polar surface area (TPSA) is 36.7 Å². The van der Waals surface area contributed by atoms with Crippen LogP contribution in [0.5, 0.6) is 0 Å². The first-order chi connectivity index (χ1) is 4.43. The van der Waals surface area contributed by atoms with E-state index in [4.69, 9.17) is 5.26 Å². The molecule has 1 aromatic rings. The first kappa shape index (κ1) is 12.9. The molecule has 0 aliphatic heterocycles. The van der Waals surface area contributed by atoms with E-state index >= 15 is 0 Å². The van der Waals surface area contributed by atoms with Gasteiger partial charge in [0, 0.05) is 12.4 Å². The highest BCUT2D eigenvalue weighted by Crippen LogP contribution is 1.93. The van der Waals surface area contributed by atoms with Gasteiger partial charge in [-0.1, -0.05) is 6.07 Å². The van der Waals surface area contributed by atoms with Crippen LogP contribution in [0.1, 0.15) is 5.56 Å². The van der Waals surface area contributed by atoms with Gasteiger partial charge < -0.3 is 0 Å². The third kappa shape index (κ3) is 4.60. The molecule has 0 radical (unpaired) electrons. The predicted octanol–water partition coefficient (Wildman–Crippen LogP) is 1.99. The van der Waals surface area contributed by atoms with Crippen LogP contribution >= 0.6 is 24.8 Å². The van der Waals surface area contributed by atoms with Gasteiger partial charge >= 0.3 is 0 Å². The van der Waals surface area contributed by atoms with Crippen LogP contribution in [0.3, 0.4) is 0 Å². The second kappa shape index (κ2) is 7.33. The average Bonchev–Trinajstić information content (AvgIpc) is 1.91. The van der Waals surface area contributed by atoms with Crippen LogP contribution in [0.4, 0.5) is 0 Å². The summed E-state index contributed by atoms with van der Waals surface area (Å²) in [6.07, 6.45) is 3.85. The van der Waals surface area contributed by atoms with Crippen molar-refractivity contribution >= 4 is 24.8 Å². The smallest absolute Gasteiger partial charge is 0.0670 e. The van der Waals surface area contributed by atoms with Crippen molar-refractivity contribution in [1.82, 2.24) is 4.98 Å². The minimum atomic E-state index is 0. The van der Waals surface area contributed by atoms with Gasteiger partial charge in [0.1, 0.15) is 0 Å². The summed E-state index contributed by atoms with van der Waals surface area (Å²) in [6.45, 7) is 0. The summed E-state index contributed by atoms with van der Waals surface area (Å²) in [4.78, 5) is 3.85. The Morgan fingerprint density at radius 3 is 2.64 bits per heavy atom. The number of nitriles is 1. The Bertz CT molecular complexity index is 218. The Hall–Kier alpha value is -0.780. The van der Waals surface area contributed by atoms with Gasteiger partial charge in [-0.3, -0.25) is 4.98 Å². The van der Waals surface area contributed by atoms with Crippen molar-refractivity contribution in [2.45, 2.75) is 6.42 Å². The lowest BCUT2D eigenvalue weighted by Gasteiger charge is -1.87. The Morgan fingerprint density at radius 2 is 2.18 bits per heavy atom. The molecule has 0 atom stereocenters. The van der Waals surface area contributed by atoms with Gasteiger partial charge in [0.15, 0.2) is 0 Å². The minimum absolute atomic E-state index is 0. The summed E-state index contributed by atoms with van der Waals surface area (Å²) >= 11 is 0. The van der Waals surface area contributed by atoms with Crippen LogP contribution in [0.25, 0.3) is 0 Å². The van der Waals surface area contributed by atoms with Crippen molar-refractivity contribution in [3.8, 4) is 6.07 Å². The minimum Gasteiger partial charge on any atom is -0.264 e. The van der Waals surface area contributed by atoms with Crippen LogP contribution in [0, 0.1) is 11.3 Å². The number of rotatable bonds is 1.